The summed E-state index contributed by atoms with van der Waals surface area (Å²) in [4.78, 5) is 13.5. The predicted octanol–water partition coefficient (Wildman–Crippen LogP) is 6.99. The Kier molecular flexibility index (Phi) is 4.93. The van der Waals surface area contributed by atoms with Crippen LogP contribution < -0.4 is 0 Å². The highest BCUT2D eigenvalue weighted by atomic mass is 28.4. The molecule has 0 aromatic rings. The third-order valence-electron chi connectivity index (χ3n) is 9.69. The average molecular weight is 393 g/mol. The third kappa shape index (κ3) is 2.85. The molecule has 3 aliphatic rings. The number of Topliss-reactive ketones (excluding diaryl/α,β-unsaturated/α-hetero) is 1. The van der Waals surface area contributed by atoms with E-state index in [4.69, 9.17) is 4.43 Å². The Morgan fingerprint density at radius 1 is 1.11 bits per heavy atom. The molecule has 0 aliphatic heterocycles. The zero-order valence-corrected chi connectivity index (χ0v) is 20.6. The first kappa shape index (κ1) is 21.6. The van der Waals surface area contributed by atoms with Gasteiger partial charge < -0.3 is 4.43 Å². The van der Waals surface area contributed by atoms with Crippen LogP contribution in [0, 0.1) is 27.6 Å². The van der Waals surface area contributed by atoms with Crippen LogP contribution >= 0.6 is 0 Å². The lowest BCUT2D eigenvalue weighted by Crippen LogP contribution is -2.49. The second-order valence-corrected chi connectivity index (χ2v) is 17.6. The predicted molar refractivity (Wildman–Crippen MR) is 116 cm³/mol. The quantitative estimate of drug-likeness (QED) is 0.372. The lowest BCUT2D eigenvalue weighted by Gasteiger charge is -2.49. The lowest BCUT2D eigenvalue weighted by atomic mass is 9.53. The van der Waals surface area contributed by atoms with Crippen molar-refractivity contribution in [3.05, 3.63) is 0 Å². The number of hydrogen-bond donors (Lipinski definition) is 0. The zero-order chi connectivity index (χ0) is 20.5. The molecule has 3 fully saturated rings. The molecule has 0 heterocycles. The van der Waals surface area contributed by atoms with E-state index in [2.05, 4.69) is 61.6 Å². The minimum Gasteiger partial charge on any atom is -0.417 e. The Labute approximate surface area is 169 Å². The maximum Gasteiger partial charge on any atom is 0.191 e. The van der Waals surface area contributed by atoms with Crippen LogP contribution in [0.2, 0.25) is 18.1 Å². The summed E-state index contributed by atoms with van der Waals surface area (Å²) in [6, 6.07) is 0. The molecule has 156 valence electrons. The maximum absolute atomic E-state index is 13.5. The summed E-state index contributed by atoms with van der Waals surface area (Å²) >= 11 is 0. The number of carbonyl (C=O) groups excluding carboxylic acids is 1. The van der Waals surface area contributed by atoms with Crippen LogP contribution in [0.25, 0.3) is 0 Å². The molecule has 4 atom stereocenters. The van der Waals surface area contributed by atoms with Gasteiger partial charge in [-0.25, -0.2) is 0 Å². The molecular weight excluding hydrogens is 348 g/mol. The number of rotatable bonds is 5. The van der Waals surface area contributed by atoms with Crippen molar-refractivity contribution >= 4 is 14.1 Å². The molecule has 3 rings (SSSR count). The fraction of sp³-hybridized carbons (Fsp3) is 0.958. The second kappa shape index (κ2) is 6.17. The van der Waals surface area contributed by atoms with Gasteiger partial charge in [0.1, 0.15) is 5.78 Å². The molecule has 0 N–H and O–H groups in total. The van der Waals surface area contributed by atoms with E-state index in [1.165, 1.54) is 19.3 Å². The van der Waals surface area contributed by atoms with Gasteiger partial charge in [0.2, 0.25) is 0 Å². The van der Waals surface area contributed by atoms with Gasteiger partial charge in [0.25, 0.3) is 0 Å². The number of ketones is 1. The number of hydrogen-bond acceptors (Lipinski definition) is 2. The molecular formula is C24H44O2Si. The Bertz CT molecular complexity index is 616. The summed E-state index contributed by atoms with van der Waals surface area (Å²) < 4.78 is 6.47. The largest absolute Gasteiger partial charge is 0.417 e. The molecule has 0 radical (unpaired) electrons. The SMILES string of the molecule is CC1(C)C[C@]2(C)CCC(=O)C23[C@H]1CC[C@@]3(C)CCCO[Si](C)(C)C(C)(C)C. The van der Waals surface area contributed by atoms with Gasteiger partial charge in [-0.05, 0) is 78.8 Å². The van der Waals surface area contributed by atoms with Crippen LogP contribution in [-0.4, -0.2) is 20.7 Å². The Hall–Kier alpha value is -0.153. The second-order valence-electron chi connectivity index (χ2n) is 12.8. The van der Waals surface area contributed by atoms with E-state index in [0.717, 1.165) is 32.3 Å². The molecule has 1 spiro atoms. The van der Waals surface area contributed by atoms with Crippen molar-refractivity contribution in [3.8, 4) is 0 Å². The van der Waals surface area contributed by atoms with E-state index in [-0.39, 0.29) is 21.3 Å². The van der Waals surface area contributed by atoms with Crippen molar-refractivity contribution < 1.29 is 9.22 Å². The first-order chi connectivity index (χ1) is 12.1. The minimum absolute atomic E-state index is 0.0690. The van der Waals surface area contributed by atoms with Gasteiger partial charge in [-0.3, -0.25) is 4.79 Å². The van der Waals surface area contributed by atoms with Crippen LogP contribution in [0.15, 0.2) is 0 Å². The normalized spacial score (nSPS) is 41.1. The highest BCUT2D eigenvalue weighted by Crippen LogP contribution is 2.80. The van der Waals surface area contributed by atoms with Gasteiger partial charge in [-0.1, -0.05) is 48.5 Å². The Morgan fingerprint density at radius 2 is 1.74 bits per heavy atom. The van der Waals surface area contributed by atoms with Gasteiger partial charge in [0, 0.05) is 18.4 Å². The molecule has 0 bridgehead atoms. The summed E-state index contributed by atoms with van der Waals surface area (Å²) in [5.41, 5.74) is 0.606. The topological polar surface area (TPSA) is 26.3 Å². The van der Waals surface area contributed by atoms with E-state index in [1.807, 2.05) is 0 Å². The molecule has 3 aliphatic carbocycles. The first-order valence-electron chi connectivity index (χ1n) is 11.3. The summed E-state index contributed by atoms with van der Waals surface area (Å²) in [5.74, 6) is 1.18. The third-order valence-corrected chi connectivity index (χ3v) is 14.2. The fourth-order valence-corrected chi connectivity index (χ4v) is 8.85. The van der Waals surface area contributed by atoms with Crippen LogP contribution in [0.1, 0.15) is 93.4 Å². The fourth-order valence-electron chi connectivity index (χ4n) is 7.76. The molecule has 0 amide bonds. The Balaban J connectivity index is 1.77. The van der Waals surface area contributed by atoms with Crippen molar-refractivity contribution in [2.75, 3.05) is 6.61 Å². The van der Waals surface area contributed by atoms with Crippen molar-refractivity contribution in [2.45, 2.75) is 112 Å². The minimum atomic E-state index is -1.68. The highest BCUT2D eigenvalue weighted by molar-refractivity contribution is 6.74. The maximum atomic E-state index is 13.5. The van der Waals surface area contributed by atoms with E-state index in [1.54, 1.807) is 0 Å². The van der Waals surface area contributed by atoms with E-state index in [0.29, 0.717) is 17.1 Å². The molecule has 3 heteroatoms. The summed E-state index contributed by atoms with van der Waals surface area (Å²) in [6.07, 6.45) is 7.88. The van der Waals surface area contributed by atoms with E-state index < -0.39 is 8.32 Å². The molecule has 27 heavy (non-hydrogen) atoms. The van der Waals surface area contributed by atoms with Gasteiger partial charge in [0.05, 0.1) is 0 Å². The van der Waals surface area contributed by atoms with Gasteiger partial charge in [-0.15, -0.1) is 0 Å². The molecule has 3 saturated carbocycles. The summed E-state index contributed by atoms with van der Waals surface area (Å²) in [7, 11) is -1.68. The van der Waals surface area contributed by atoms with Gasteiger partial charge >= 0.3 is 0 Å². The van der Waals surface area contributed by atoms with Crippen LogP contribution in [0.5, 0.6) is 0 Å². The highest BCUT2D eigenvalue weighted by Gasteiger charge is 2.77. The molecule has 0 aromatic heterocycles. The average Bonchev–Trinajstić information content (AvgIpc) is 3.02. The monoisotopic (exact) mass is 392 g/mol. The molecule has 2 nitrogen and oxygen atoms in total. The molecule has 0 saturated heterocycles. The summed E-state index contributed by atoms with van der Waals surface area (Å²) in [6.45, 7) is 22.3. The Morgan fingerprint density at radius 3 is 2.33 bits per heavy atom. The van der Waals surface area contributed by atoms with Crippen molar-refractivity contribution in [1.29, 1.82) is 0 Å². The van der Waals surface area contributed by atoms with Crippen molar-refractivity contribution in [3.63, 3.8) is 0 Å². The van der Waals surface area contributed by atoms with Crippen LogP contribution in [0.4, 0.5) is 0 Å². The van der Waals surface area contributed by atoms with E-state index >= 15 is 0 Å². The van der Waals surface area contributed by atoms with Gasteiger partial charge in [-0.2, -0.15) is 0 Å². The lowest BCUT2D eigenvalue weighted by molar-refractivity contribution is -0.140. The standard InChI is InChI=1S/C24H44O2Si/c1-20(2,3)27(8,9)26-16-10-13-22(6)14-11-18-21(4,5)17-23(7)15-12-19(25)24(18,22)23/h18H,10-17H2,1-9H3/t18-,22+,23-,24?/m0/s1. The first-order valence-corrected chi connectivity index (χ1v) is 14.2. The van der Waals surface area contributed by atoms with Crippen LogP contribution in [0.3, 0.4) is 0 Å². The smallest absolute Gasteiger partial charge is 0.191 e. The molecule has 1 unspecified atom stereocenters. The van der Waals surface area contributed by atoms with E-state index in [9.17, 15) is 4.79 Å². The van der Waals surface area contributed by atoms with Gasteiger partial charge in [0.15, 0.2) is 8.32 Å². The van der Waals surface area contributed by atoms with Crippen LogP contribution in [-0.2, 0) is 9.22 Å². The van der Waals surface area contributed by atoms with Crippen molar-refractivity contribution in [2.24, 2.45) is 27.6 Å². The van der Waals surface area contributed by atoms with Crippen molar-refractivity contribution in [1.82, 2.24) is 0 Å². The summed E-state index contributed by atoms with van der Waals surface area (Å²) in [5, 5.41) is 0.267. The molecule has 0 aromatic carbocycles. The number of carbonyl (C=O) groups is 1. The zero-order valence-electron chi connectivity index (χ0n) is 19.6.